The SMILES string of the molecule is Cc1cc(S(=O)(=O)NCCCOCC(C)C)cc(N)c1F. The van der Waals surface area contributed by atoms with Gasteiger partial charge in [0.2, 0.25) is 10.0 Å². The molecule has 7 heteroatoms. The first-order valence-electron chi connectivity index (χ1n) is 6.87. The van der Waals surface area contributed by atoms with Gasteiger partial charge in [-0.2, -0.15) is 0 Å². The lowest BCUT2D eigenvalue weighted by molar-refractivity contribution is 0.108. The summed E-state index contributed by atoms with van der Waals surface area (Å²) in [6, 6.07) is 2.39. The van der Waals surface area contributed by atoms with Gasteiger partial charge in [0, 0.05) is 19.8 Å². The summed E-state index contributed by atoms with van der Waals surface area (Å²) < 4.78 is 45.3. The number of hydrogen-bond donors (Lipinski definition) is 2. The van der Waals surface area contributed by atoms with Crippen molar-refractivity contribution in [2.24, 2.45) is 5.92 Å². The number of halogens is 1. The molecule has 0 radical (unpaired) electrons. The molecule has 0 amide bonds. The Hall–Kier alpha value is -1.18. The summed E-state index contributed by atoms with van der Waals surface area (Å²) in [5.41, 5.74) is 5.49. The van der Waals surface area contributed by atoms with Crippen LogP contribution in [0.3, 0.4) is 0 Å². The van der Waals surface area contributed by atoms with E-state index in [-0.39, 0.29) is 22.7 Å². The first-order chi connectivity index (χ1) is 9.74. The van der Waals surface area contributed by atoms with E-state index in [1.807, 2.05) is 13.8 Å². The van der Waals surface area contributed by atoms with E-state index < -0.39 is 15.8 Å². The molecule has 0 unspecified atom stereocenters. The van der Waals surface area contributed by atoms with Gasteiger partial charge >= 0.3 is 0 Å². The summed E-state index contributed by atoms with van der Waals surface area (Å²) in [7, 11) is -3.68. The fraction of sp³-hybridized carbons (Fsp3) is 0.571. The lowest BCUT2D eigenvalue weighted by atomic mass is 10.2. The van der Waals surface area contributed by atoms with Crippen LogP contribution >= 0.6 is 0 Å². The van der Waals surface area contributed by atoms with Crippen molar-refractivity contribution >= 4 is 15.7 Å². The maximum Gasteiger partial charge on any atom is 0.240 e. The van der Waals surface area contributed by atoms with Gasteiger partial charge in [0.05, 0.1) is 10.6 Å². The molecular formula is C14H23FN2O3S. The van der Waals surface area contributed by atoms with Gasteiger partial charge < -0.3 is 10.5 Å². The normalized spacial score (nSPS) is 12.0. The maximum atomic E-state index is 13.4. The summed E-state index contributed by atoms with van der Waals surface area (Å²) >= 11 is 0. The molecule has 0 aromatic heterocycles. The van der Waals surface area contributed by atoms with Crippen LogP contribution in [0.5, 0.6) is 0 Å². The van der Waals surface area contributed by atoms with Crippen molar-refractivity contribution in [1.82, 2.24) is 4.72 Å². The minimum absolute atomic E-state index is 0.0259. The van der Waals surface area contributed by atoms with Gasteiger partial charge in [0.15, 0.2) is 0 Å². The zero-order valence-corrected chi connectivity index (χ0v) is 13.5. The monoisotopic (exact) mass is 318 g/mol. The van der Waals surface area contributed by atoms with Crippen molar-refractivity contribution in [2.75, 3.05) is 25.5 Å². The molecule has 0 bridgehead atoms. The van der Waals surface area contributed by atoms with Crippen LogP contribution in [-0.2, 0) is 14.8 Å². The fourth-order valence-corrected chi connectivity index (χ4v) is 2.89. The van der Waals surface area contributed by atoms with Crippen LogP contribution in [-0.4, -0.2) is 28.2 Å². The van der Waals surface area contributed by atoms with E-state index in [0.29, 0.717) is 25.6 Å². The minimum atomic E-state index is -3.68. The van der Waals surface area contributed by atoms with E-state index in [1.54, 1.807) is 0 Å². The average Bonchev–Trinajstić information content (AvgIpc) is 2.39. The number of anilines is 1. The lowest BCUT2D eigenvalue weighted by Crippen LogP contribution is -2.26. The quantitative estimate of drug-likeness (QED) is 0.568. The molecule has 0 aliphatic heterocycles. The Labute approximate surface area is 125 Å². The second kappa shape index (κ2) is 7.72. The van der Waals surface area contributed by atoms with Gasteiger partial charge in [-0.15, -0.1) is 0 Å². The predicted molar refractivity (Wildman–Crippen MR) is 81.0 cm³/mol. The highest BCUT2D eigenvalue weighted by Gasteiger charge is 2.16. The number of hydrogen-bond acceptors (Lipinski definition) is 4. The van der Waals surface area contributed by atoms with Crippen LogP contribution in [0.25, 0.3) is 0 Å². The predicted octanol–water partition coefficient (Wildman–Crippen LogP) is 2.06. The van der Waals surface area contributed by atoms with Crippen LogP contribution in [0, 0.1) is 18.7 Å². The zero-order chi connectivity index (χ0) is 16.0. The Morgan fingerprint density at radius 2 is 2.05 bits per heavy atom. The van der Waals surface area contributed by atoms with Gasteiger partial charge in [-0.1, -0.05) is 13.8 Å². The van der Waals surface area contributed by atoms with E-state index in [0.717, 1.165) is 6.07 Å². The maximum absolute atomic E-state index is 13.4. The van der Waals surface area contributed by atoms with Crippen LogP contribution in [0.15, 0.2) is 17.0 Å². The van der Waals surface area contributed by atoms with Gasteiger partial charge in [0.1, 0.15) is 5.82 Å². The summed E-state index contributed by atoms with van der Waals surface area (Å²) in [5.74, 6) is -0.136. The number of nitrogens with two attached hydrogens (primary N) is 1. The zero-order valence-electron chi connectivity index (χ0n) is 12.6. The molecule has 1 rings (SSSR count). The largest absolute Gasteiger partial charge is 0.396 e. The second-order valence-electron chi connectivity index (χ2n) is 5.36. The summed E-state index contributed by atoms with van der Waals surface area (Å²) in [4.78, 5) is -0.0259. The molecule has 3 N–H and O–H groups in total. The lowest BCUT2D eigenvalue weighted by Gasteiger charge is -2.10. The Morgan fingerprint density at radius 1 is 1.38 bits per heavy atom. The van der Waals surface area contributed by atoms with Crippen LogP contribution in [0.4, 0.5) is 10.1 Å². The molecule has 5 nitrogen and oxygen atoms in total. The van der Waals surface area contributed by atoms with Crippen molar-refractivity contribution in [3.05, 3.63) is 23.5 Å². The van der Waals surface area contributed by atoms with Crippen molar-refractivity contribution in [1.29, 1.82) is 0 Å². The van der Waals surface area contributed by atoms with E-state index in [9.17, 15) is 12.8 Å². The molecule has 0 saturated heterocycles. The van der Waals surface area contributed by atoms with Gasteiger partial charge in [0.25, 0.3) is 0 Å². The van der Waals surface area contributed by atoms with E-state index >= 15 is 0 Å². The molecule has 0 aliphatic rings. The molecule has 0 atom stereocenters. The van der Waals surface area contributed by atoms with Crippen molar-refractivity contribution in [2.45, 2.75) is 32.1 Å². The molecule has 1 aromatic rings. The number of rotatable bonds is 8. The molecule has 21 heavy (non-hydrogen) atoms. The Morgan fingerprint density at radius 3 is 2.62 bits per heavy atom. The third kappa shape index (κ3) is 5.61. The van der Waals surface area contributed by atoms with Gasteiger partial charge in [-0.05, 0) is 37.0 Å². The summed E-state index contributed by atoms with van der Waals surface area (Å²) in [5, 5.41) is 0. The Kier molecular flexibility index (Phi) is 6.57. The van der Waals surface area contributed by atoms with Crippen LogP contribution in [0.2, 0.25) is 0 Å². The highest BCUT2D eigenvalue weighted by atomic mass is 32.2. The van der Waals surface area contributed by atoms with E-state index in [2.05, 4.69) is 4.72 Å². The van der Waals surface area contributed by atoms with Crippen molar-refractivity contribution < 1.29 is 17.5 Å². The smallest absolute Gasteiger partial charge is 0.240 e. The highest BCUT2D eigenvalue weighted by Crippen LogP contribution is 2.20. The Balaban J connectivity index is 2.54. The molecule has 0 heterocycles. The Bertz CT molecular complexity index is 551. The fourth-order valence-electron chi connectivity index (χ4n) is 1.70. The highest BCUT2D eigenvalue weighted by molar-refractivity contribution is 7.89. The first kappa shape index (κ1) is 17.9. The van der Waals surface area contributed by atoms with Crippen molar-refractivity contribution in [3.8, 4) is 0 Å². The van der Waals surface area contributed by atoms with E-state index in [4.69, 9.17) is 10.5 Å². The molecule has 1 aromatic carbocycles. The van der Waals surface area contributed by atoms with E-state index in [1.165, 1.54) is 13.0 Å². The summed E-state index contributed by atoms with van der Waals surface area (Å²) in [6.07, 6.45) is 0.571. The number of ether oxygens (including phenoxy) is 1. The molecule has 0 spiro atoms. The number of nitrogens with one attached hydrogen (secondary N) is 1. The van der Waals surface area contributed by atoms with Gasteiger partial charge in [-0.3, -0.25) is 0 Å². The standard InChI is InChI=1S/C14H23FN2O3S/c1-10(2)9-20-6-4-5-17-21(18,19)12-7-11(3)14(15)13(16)8-12/h7-8,10,17H,4-6,9,16H2,1-3H3. The molecular weight excluding hydrogens is 295 g/mol. The van der Waals surface area contributed by atoms with Crippen LogP contribution in [0.1, 0.15) is 25.8 Å². The third-order valence-electron chi connectivity index (χ3n) is 2.78. The molecule has 0 saturated carbocycles. The van der Waals surface area contributed by atoms with Crippen LogP contribution < -0.4 is 10.5 Å². The molecule has 120 valence electrons. The van der Waals surface area contributed by atoms with Gasteiger partial charge in [-0.25, -0.2) is 17.5 Å². The third-order valence-corrected chi connectivity index (χ3v) is 4.22. The molecule has 0 fully saturated rings. The number of nitrogen functional groups attached to an aromatic ring is 1. The summed E-state index contributed by atoms with van der Waals surface area (Å²) in [6.45, 7) is 6.97. The topological polar surface area (TPSA) is 81.4 Å². The number of aryl methyl sites for hydroxylation is 1. The minimum Gasteiger partial charge on any atom is -0.396 e. The average molecular weight is 318 g/mol. The number of sulfonamides is 1. The first-order valence-corrected chi connectivity index (χ1v) is 8.35. The second-order valence-corrected chi connectivity index (χ2v) is 7.13. The van der Waals surface area contributed by atoms with Crippen molar-refractivity contribution in [3.63, 3.8) is 0 Å². The molecule has 0 aliphatic carbocycles. The number of benzene rings is 1.